The molecule has 0 fully saturated rings. The molecule has 0 rings (SSSR count). The van der Waals surface area contributed by atoms with E-state index < -0.39 is 34.4 Å². The van der Waals surface area contributed by atoms with Gasteiger partial charge < -0.3 is 55.8 Å². The van der Waals surface area contributed by atoms with Gasteiger partial charge in [0.15, 0.2) is 0 Å². The van der Waals surface area contributed by atoms with E-state index >= 15 is 0 Å². The Labute approximate surface area is 525 Å². The van der Waals surface area contributed by atoms with Crippen molar-refractivity contribution < 1.29 is 77.5 Å². The molecule has 0 aromatic carbocycles. The Morgan fingerprint density at radius 2 is 0.247 bits per heavy atom. The van der Waals surface area contributed by atoms with Crippen LogP contribution < -0.4 is 19.6 Å². The van der Waals surface area contributed by atoms with Gasteiger partial charge in [-0.05, 0) is 51.4 Å². The predicted molar refractivity (Wildman–Crippen MR) is 342 cm³/mol. The second-order valence-electron chi connectivity index (χ2n) is 21.7. The van der Waals surface area contributed by atoms with Crippen LogP contribution in [0, 0.1) is 0 Å². The Balaban J connectivity index is -0.000000316. The van der Waals surface area contributed by atoms with Gasteiger partial charge in [-0.15, -0.1) is 0 Å². The fourth-order valence-electron chi connectivity index (χ4n) is 8.32. The first-order valence-electron chi connectivity index (χ1n) is 34.2. The molecule has 12 nitrogen and oxygen atoms in total. The summed E-state index contributed by atoms with van der Waals surface area (Å²) in [5, 5.41) is 0. The zero-order chi connectivity index (χ0) is 59.6. The van der Waals surface area contributed by atoms with Crippen molar-refractivity contribution in [2.75, 3.05) is 52.9 Å². The quantitative estimate of drug-likeness (QED) is 0.0322. The van der Waals surface area contributed by atoms with Gasteiger partial charge in [0, 0.05) is 0 Å². The predicted octanol–water partition coefficient (Wildman–Crippen LogP) is 21.3. The van der Waals surface area contributed by atoms with Gasteiger partial charge in [0.1, 0.15) is 0 Å². The maximum atomic E-state index is 11.4. The molecule has 17 heteroatoms. The third-order valence-electron chi connectivity index (χ3n) is 13.6. The molecular formula is C64H136O12P4Ti. The fourth-order valence-corrected chi connectivity index (χ4v) is 10.8. The Morgan fingerprint density at radius 1 is 0.160 bits per heavy atom. The molecule has 0 heterocycles. The molecule has 0 N–H and O–H groups in total. The van der Waals surface area contributed by atoms with E-state index in [0.717, 1.165) is 51.4 Å². The van der Waals surface area contributed by atoms with Crippen LogP contribution in [0.25, 0.3) is 0 Å². The van der Waals surface area contributed by atoms with Crippen LogP contribution >= 0.6 is 34.4 Å². The maximum Gasteiger partial charge on any atom is 4.00 e. The summed E-state index contributed by atoms with van der Waals surface area (Å²) in [7, 11) is -7.54. The van der Waals surface area contributed by atoms with Crippen LogP contribution in [0.2, 0.25) is 0 Å². The molecule has 0 radical (unpaired) electrons. The Bertz CT molecular complexity index is 804. The summed E-state index contributed by atoms with van der Waals surface area (Å²) in [6.07, 6.45) is 58.4. The van der Waals surface area contributed by atoms with E-state index in [2.05, 4.69) is 55.4 Å². The van der Waals surface area contributed by atoms with E-state index in [1.165, 1.54) is 257 Å². The fraction of sp³-hybridized carbons (Fsp3) is 1.00. The zero-order valence-corrected chi connectivity index (χ0v) is 59.9. The summed E-state index contributed by atoms with van der Waals surface area (Å²) in [4.78, 5) is 45.7. The first-order valence-corrected chi connectivity index (χ1v) is 38.5. The van der Waals surface area contributed by atoms with Gasteiger partial charge in [-0.25, -0.2) is 0 Å². The van der Waals surface area contributed by atoms with Crippen LogP contribution in [0.1, 0.15) is 364 Å². The van der Waals surface area contributed by atoms with E-state index in [9.17, 15) is 19.6 Å². The molecule has 0 aromatic rings. The van der Waals surface area contributed by atoms with Crippen molar-refractivity contribution >= 4 is 34.4 Å². The SMILES string of the molecule is CCCCCCCCOP([O-])OCCCCCCCC.CCCCCCCCOP([O-])OCCCCCCCC.CCCCCCCCOP([O-])OCCCCCCCC.CCCCCCCCOP([O-])OCCCCCCCC.[Ti+4]. The van der Waals surface area contributed by atoms with Crippen molar-refractivity contribution in [3.8, 4) is 0 Å². The number of unbranched alkanes of at least 4 members (excludes halogenated alkanes) is 40. The molecule has 0 aliphatic carbocycles. The van der Waals surface area contributed by atoms with E-state index in [4.69, 9.17) is 36.2 Å². The average molecular weight is 1270 g/mol. The van der Waals surface area contributed by atoms with E-state index in [1.807, 2.05) is 0 Å². The van der Waals surface area contributed by atoms with Crippen molar-refractivity contribution in [1.29, 1.82) is 0 Å². The number of hydrogen-bond donors (Lipinski definition) is 0. The third kappa shape index (κ3) is 95.8. The van der Waals surface area contributed by atoms with Gasteiger partial charge in [-0.2, -0.15) is 0 Å². The third-order valence-corrected chi connectivity index (χ3v) is 16.7. The first-order chi connectivity index (χ1) is 39.2. The molecule has 0 bridgehead atoms. The molecule has 0 aromatic heterocycles. The van der Waals surface area contributed by atoms with Crippen LogP contribution in [-0.2, 0) is 57.9 Å². The monoisotopic (exact) mass is 1270 g/mol. The molecule has 0 atom stereocenters. The summed E-state index contributed by atoms with van der Waals surface area (Å²) in [6.45, 7) is 22.3. The number of hydrogen-bond acceptors (Lipinski definition) is 12. The molecule has 488 valence electrons. The second kappa shape index (κ2) is 88.4. The largest absolute Gasteiger partial charge is 4.00 e. The second-order valence-corrected chi connectivity index (χ2v) is 25.6. The molecule has 0 saturated heterocycles. The van der Waals surface area contributed by atoms with Gasteiger partial charge in [0.25, 0.3) is 0 Å². The molecule has 0 aliphatic rings. The molecule has 0 amide bonds. The minimum absolute atomic E-state index is 0. The average Bonchev–Trinajstić information content (AvgIpc) is 3.45. The van der Waals surface area contributed by atoms with Crippen LogP contribution in [0.3, 0.4) is 0 Å². The minimum Gasteiger partial charge on any atom is -0.786 e. The summed E-state index contributed by atoms with van der Waals surface area (Å²) >= 11 is 0. The van der Waals surface area contributed by atoms with E-state index in [-0.39, 0.29) is 21.7 Å². The van der Waals surface area contributed by atoms with Gasteiger partial charge in [0.2, 0.25) is 0 Å². The van der Waals surface area contributed by atoms with Crippen LogP contribution in [0.15, 0.2) is 0 Å². The van der Waals surface area contributed by atoms with E-state index in [1.54, 1.807) is 0 Å². The first kappa shape index (κ1) is 91.7. The standard InChI is InChI=1S/4C16H34O3P.Ti/c4*1-3-5-7-9-11-13-15-18-20(17)19-16-14-12-10-8-6-4-2;/h4*3-16H2,1-2H3;/q4*-1;+4. The van der Waals surface area contributed by atoms with Gasteiger partial charge in [0.05, 0.1) is 87.3 Å². The van der Waals surface area contributed by atoms with Gasteiger partial charge in [-0.1, -0.05) is 312 Å². The van der Waals surface area contributed by atoms with Crippen molar-refractivity contribution in [1.82, 2.24) is 0 Å². The van der Waals surface area contributed by atoms with Crippen molar-refractivity contribution in [2.45, 2.75) is 364 Å². The van der Waals surface area contributed by atoms with E-state index in [0.29, 0.717) is 52.9 Å². The Morgan fingerprint density at radius 3 is 0.346 bits per heavy atom. The zero-order valence-electron chi connectivity index (χ0n) is 54.8. The van der Waals surface area contributed by atoms with Gasteiger partial charge >= 0.3 is 21.7 Å². The van der Waals surface area contributed by atoms with Crippen molar-refractivity contribution in [3.05, 3.63) is 0 Å². The topological polar surface area (TPSA) is 166 Å². The summed E-state index contributed by atoms with van der Waals surface area (Å²) in [6, 6.07) is 0. The van der Waals surface area contributed by atoms with Gasteiger partial charge in [-0.3, -0.25) is 0 Å². The Kier molecular flexibility index (Phi) is 100. The van der Waals surface area contributed by atoms with Crippen LogP contribution in [0.5, 0.6) is 0 Å². The summed E-state index contributed by atoms with van der Waals surface area (Å²) in [5.41, 5.74) is 0. The molecular weight excluding hydrogens is 1130 g/mol. The molecule has 0 spiro atoms. The normalized spacial score (nSPS) is 11.3. The minimum atomic E-state index is -1.89. The summed E-state index contributed by atoms with van der Waals surface area (Å²) in [5.74, 6) is 0. The molecule has 0 unspecified atom stereocenters. The molecule has 81 heavy (non-hydrogen) atoms. The molecule has 0 saturated carbocycles. The maximum absolute atomic E-state index is 11.4. The molecule has 0 aliphatic heterocycles. The smallest absolute Gasteiger partial charge is 0.786 e. The summed E-state index contributed by atoms with van der Waals surface area (Å²) < 4.78 is 41.4. The van der Waals surface area contributed by atoms with Crippen molar-refractivity contribution in [3.63, 3.8) is 0 Å². The van der Waals surface area contributed by atoms with Crippen LogP contribution in [0.4, 0.5) is 0 Å². The van der Waals surface area contributed by atoms with Crippen LogP contribution in [-0.4, -0.2) is 52.9 Å². The number of rotatable bonds is 64. The Hall–Kier alpha value is 1.95. The van der Waals surface area contributed by atoms with Crippen molar-refractivity contribution in [2.24, 2.45) is 0 Å².